The Morgan fingerprint density at radius 1 is 1.27 bits per heavy atom. The highest BCUT2D eigenvalue weighted by Crippen LogP contribution is 2.35. The maximum atomic E-state index is 12.8. The van der Waals surface area contributed by atoms with Crippen LogP contribution in [0, 0.1) is 6.92 Å². The first kappa shape index (κ1) is 22.8. The number of aliphatic imine (C=N–C) groups is 1. The van der Waals surface area contributed by atoms with Gasteiger partial charge in [-0.1, -0.05) is 33.8 Å². The number of methoxy groups -OCH3 is 1. The summed E-state index contributed by atoms with van der Waals surface area (Å²) >= 11 is 8.23. The normalized spacial score (nSPS) is 17.5. The Bertz CT molecular complexity index is 1010. The van der Waals surface area contributed by atoms with Crippen molar-refractivity contribution in [2.24, 2.45) is 4.99 Å². The number of amides is 2. The van der Waals surface area contributed by atoms with Crippen molar-refractivity contribution < 1.29 is 14.3 Å². The zero-order valence-corrected chi connectivity index (χ0v) is 20.7. The number of nitrogens with one attached hydrogen (secondary N) is 1. The number of anilines is 1. The third kappa shape index (κ3) is 5.25. The van der Waals surface area contributed by atoms with E-state index < -0.39 is 5.25 Å². The number of benzene rings is 2. The van der Waals surface area contributed by atoms with Crippen molar-refractivity contribution in [1.82, 2.24) is 4.90 Å². The maximum Gasteiger partial charge on any atom is 0.242 e. The average Bonchev–Trinajstić information content (AvgIpc) is 2.98. The summed E-state index contributed by atoms with van der Waals surface area (Å²) < 4.78 is 7.06. The molecule has 158 valence electrons. The molecule has 0 saturated carbocycles. The molecule has 1 fully saturated rings. The van der Waals surface area contributed by atoms with Crippen molar-refractivity contribution in [3.8, 4) is 5.75 Å². The predicted molar refractivity (Wildman–Crippen MR) is 129 cm³/mol. The van der Waals surface area contributed by atoms with Crippen LogP contribution >= 0.6 is 43.6 Å². The number of hydrogen-bond acceptors (Lipinski definition) is 5. The molecule has 0 aliphatic carbocycles. The minimum atomic E-state index is -0.520. The molecule has 2 aromatic rings. The van der Waals surface area contributed by atoms with Crippen LogP contribution in [0.5, 0.6) is 5.75 Å². The highest BCUT2D eigenvalue weighted by atomic mass is 79.9. The molecule has 1 aliphatic heterocycles. The number of nitrogens with zero attached hydrogens (tertiary/aromatic N) is 2. The van der Waals surface area contributed by atoms with E-state index in [-0.39, 0.29) is 18.2 Å². The number of hydrogen-bond donors (Lipinski definition) is 1. The van der Waals surface area contributed by atoms with E-state index in [1.54, 1.807) is 18.1 Å². The summed E-state index contributed by atoms with van der Waals surface area (Å²) in [7, 11) is 1.55. The lowest BCUT2D eigenvalue weighted by Crippen LogP contribution is -2.33. The van der Waals surface area contributed by atoms with Crippen LogP contribution in [0.25, 0.3) is 0 Å². The Hall–Kier alpha value is -1.84. The van der Waals surface area contributed by atoms with Gasteiger partial charge in [-0.25, -0.2) is 4.99 Å². The lowest BCUT2D eigenvalue weighted by Gasteiger charge is -2.14. The van der Waals surface area contributed by atoms with Gasteiger partial charge in [0.2, 0.25) is 11.8 Å². The van der Waals surface area contributed by atoms with Gasteiger partial charge in [0.05, 0.1) is 18.5 Å². The number of thioether (sulfide) groups is 1. The molecule has 1 unspecified atom stereocenters. The molecule has 3 rings (SSSR count). The van der Waals surface area contributed by atoms with Crippen LogP contribution in [-0.4, -0.2) is 40.8 Å². The molecule has 1 N–H and O–H groups in total. The van der Waals surface area contributed by atoms with Crippen molar-refractivity contribution in [3.05, 3.63) is 50.9 Å². The standard InChI is InChI=1S/C21H21Br2N3O3S/c1-4-26-20(28)18(30-21(26)25-15-7-6-13(22)10-14(15)23)11-19(27)24-16-9-12(2)5-8-17(16)29-3/h5-10,18H,4,11H2,1-3H3,(H,24,27). The molecule has 2 aromatic carbocycles. The number of carbonyl (C=O) groups excluding carboxylic acids is 2. The summed E-state index contributed by atoms with van der Waals surface area (Å²) in [5.41, 5.74) is 2.32. The summed E-state index contributed by atoms with van der Waals surface area (Å²) in [5.74, 6) is 0.226. The number of halogens is 2. The third-order valence-corrected chi connectivity index (χ3v) is 6.77. The fourth-order valence-corrected chi connectivity index (χ4v) is 5.33. The first-order valence-electron chi connectivity index (χ1n) is 9.28. The van der Waals surface area contributed by atoms with Crippen molar-refractivity contribution >= 4 is 72.0 Å². The molecule has 6 nitrogen and oxygen atoms in total. The van der Waals surface area contributed by atoms with Crippen LogP contribution in [0.4, 0.5) is 11.4 Å². The topological polar surface area (TPSA) is 71.0 Å². The minimum absolute atomic E-state index is 0.0532. The highest BCUT2D eigenvalue weighted by molar-refractivity contribution is 9.11. The predicted octanol–water partition coefficient (Wildman–Crippen LogP) is 5.51. The monoisotopic (exact) mass is 553 g/mol. The van der Waals surface area contributed by atoms with Crippen LogP contribution in [-0.2, 0) is 9.59 Å². The van der Waals surface area contributed by atoms with E-state index in [1.165, 1.54) is 11.8 Å². The van der Waals surface area contributed by atoms with Crippen LogP contribution in [0.15, 0.2) is 50.3 Å². The Labute approximate surface area is 196 Å². The summed E-state index contributed by atoms with van der Waals surface area (Å²) in [6, 6.07) is 11.2. The molecule has 1 heterocycles. The number of rotatable bonds is 6. The second-order valence-corrected chi connectivity index (χ2v) is 9.58. The van der Waals surface area contributed by atoms with E-state index in [4.69, 9.17) is 4.74 Å². The number of amidine groups is 1. The Balaban J connectivity index is 1.76. The fraction of sp³-hybridized carbons (Fsp3) is 0.286. The lowest BCUT2D eigenvalue weighted by molar-refractivity contribution is -0.128. The number of carbonyl (C=O) groups is 2. The van der Waals surface area contributed by atoms with E-state index in [0.29, 0.717) is 23.1 Å². The summed E-state index contributed by atoms with van der Waals surface area (Å²) in [6.07, 6.45) is 0.0532. The smallest absolute Gasteiger partial charge is 0.242 e. The summed E-state index contributed by atoms with van der Waals surface area (Å²) in [6.45, 7) is 4.32. The molecule has 0 radical (unpaired) electrons. The molecule has 30 heavy (non-hydrogen) atoms. The second-order valence-electron chi connectivity index (χ2n) is 6.64. The van der Waals surface area contributed by atoms with E-state index in [2.05, 4.69) is 42.2 Å². The lowest BCUT2D eigenvalue weighted by atomic mass is 10.2. The number of ether oxygens (including phenoxy) is 1. The second kappa shape index (κ2) is 9.98. The van der Waals surface area contributed by atoms with Crippen LogP contribution in [0.1, 0.15) is 18.9 Å². The Morgan fingerprint density at radius 2 is 2.03 bits per heavy atom. The molecular formula is C21H21Br2N3O3S. The van der Waals surface area contributed by atoms with Gasteiger partial charge in [0.25, 0.3) is 0 Å². The first-order valence-corrected chi connectivity index (χ1v) is 11.7. The Morgan fingerprint density at radius 3 is 2.70 bits per heavy atom. The fourth-order valence-electron chi connectivity index (χ4n) is 2.98. The van der Waals surface area contributed by atoms with Crippen molar-refractivity contribution in [3.63, 3.8) is 0 Å². The van der Waals surface area contributed by atoms with E-state index >= 15 is 0 Å². The van der Waals surface area contributed by atoms with E-state index in [9.17, 15) is 9.59 Å². The third-order valence-electron chi connectivity index (χ3n) is 4.46. The van der Waals surface area contributed by atoms with Crippen molar-refractivity contribution in [2.75, 3.05) is 19.0 Å². The first-order chi connectivity index (χ1) is 14.3. The van der Waals surface area contributed by atoms with Gasteiger partial charge in [0.15, 0.2) is 5.17 Å². The molecular weight excluding hydrogens is 534 g/mol. The van der Waals surface area contributed by atoms with Gasteiger partial charge >= 0.3 is 0 Å². The number of aryl methyl sites for hydroxylation is 1. The van der Waals surface area contributed by atoms with Crippen LogP contribution in [0.2, 0.25) is 0 Å². The zero-order valence-electron chi connectivity index (χ0n) is 16.7. The van der Waals surface area contributed by atoms with Crippen molar-refractivity contribution in [1.29, 1.82) is 0 Å². The molecule has 0 spiro atoms. The van der Waals surface area contributed by atoms with E-state index in [0.717, 1.165) is 20.2 Å². The highest BCUT2D eigenvalue weighted by Gasteiger charge is 2.38. The van der Waals surface area contributed by atoms with Crippen LogP contribution < -0.4 is 10.1 Å². The molecule has 1 aliphatic rings. The zero-order chi connectivity index (χ0) is 21.8. The SMILES string of the molecule is CCN1C(=O)C(CC(=O)Nc2cc(C)ccc2OC)SC1=Nc1ccc(Br)cc1Br. The van der Waals surface area contributed by atoms with Gasteiger partial charge in [0.1, 0.15) is 11.0 Å². The summed E-state index contributed by atoms with van der Waals surface area (Å²) in [4.78, 5) is 31.7. The van der Waals surface area contributed by atoms with Gasteiger partial charge < -0.3 is 10.1 Å². The molecule has 0 bridgehead atoms. The van der Waals surface area contributed by atoms with Gasteiger partial charge in [-0.05, 0) is 65.7 Å². The quantitative estimate of drug-likeness (QED) is 0.511. The van der Waals surface area contributed by atoms with Gasteiger partial charge in [-0.15, -0.1) is 0 Å². The van der Waals surface area contributed by atoms with Crippen LogP contribution in [0.3, 0.4) is 0 Å². The van der Waals surface area contributed by atoms with Gasteiger partial charge in [-0.3, -0.25) is 14.5 Å². The molecule has 9 heteroatoms. The largest absolute Gasteiger partial charge is 0.495 e. The van der Waals surface area contributed by atoms with Gasteiger partial charge in [-0.2, -0.15) is 0 Å². The van der Waals surface area contributed by atoms with Crippen molar-refractivity contribution in [2.45, 2.75) is 25.5 Å². The average molecular weight is 555 g/mol. The minimum Gasteiger partial charge on any atom is -0.495 e. The summed E-state index contributed by atoms with van der Waals surface area (Å²) in [5, 5.41) is 2.94. The maximum absolute atomic E-state index is 12.8. The Kier molecular flexibility index (Phi) is 7.60. The van der Waals surface area contributed by atoms with Gasteiger partial charge in [0, 0.05) is 21.9 Å². The van der Waals surface area contributed by atoms with E-state index in [1.807, 2.05) is 44.2 Å². The molecule has 2 amide bonds. The molecule has 0 aromatic heterocycles. The molecule has 1 saturated heterocycles. The molecule has 1 atom stereocenters.